The minimum Gasteiger partial charge on any atom is -0.478 e. The topological polar surface area (TPSA) is 202 Å². The van der Waals surface area contributed by atoms with Crippen LogP contribution in [-0.2, 0) is 0 Å². The molecule has 0 fully saturated rings. The summed E-state index contributed by atoms with van der Waals surface area (Å²) in [6.45, 7) is 0. The highest BCUT2D eigenvalue weighted by atomic mass is 16.5. The Kier molecular flexibility index (Phi) is 13.8. The van der Waals surface area contributed by atoms with Gasteiger partial charge in [0.1, 0.15) is 22.6 Å². The SMILES string of the molecule is O=C(C=Cc1ccc(-c2ccc(Oc3c(-c4ccc(C(=O)O)c(C(=O)O)c4Oc4ccc(-c5ccc(C=CC(=O)c6ccccc6)cc5)cc4)ccc(C(=O)O)c3C(=O)O)cc2)cc1)c1ccccc1. The van der Waals surface area contributed by atoms with E-state index in [-0.39, 0.29) is 34.2 Å². The van der Waals surface area contributed by atoms with Crippen molar-refractivity contribution < 1.29 is 58.7 Å². The van der Waals surface area contributed by atoms with E-state index in [2.05, 4.69) is 0 Å². The summed E-state index contributed by atoms with van der Waals surface area (Å²) in [6, 6.07) is 50.0. The van der Waals surface area contributed by atoms with Gasteiger partial charge in [0.25, 0.3) is 0 Å². The number of ketones is 2. The third kappa shape index (κ3) is 10.5. The highest BCUT2D eigenvalue weighted by molar-refractivity contribution is 6.09. The van der Waals surface area contributed by atoms with E-state index in [1.807, 2.05) is 60.7 Å². The number of ether oxygens (including phenoxy) is 2. The number of aromatic carboxylic acids is 4. The molecule has 0 atom stereocenters. The third-order valence-corrected chi connectivity index (χ3v) is 11.1. The van der Waals surface area contributed by atoms with Crippen molar-refractivity contribution >= 4 is 47.6 Å². The molecule has 0 aliphatic carbocycles. The Hall–Kier alpha value is -9.94. The Morgan fingerprint density at radius 2 is 0.657 bits per heavy atom. The molecule has 0 aromatic heterocycles. The molecule has 0 saturated carbocycles. The zero-order chi connectivity index (χ0) is 49.3. The van der Waals surface area contributed by atoms with Crippen molar-refractivity contribution in [3.63, 3.8) is 0 Å². The van der Waals surface area contributed by atoms with E-state index in [0.29, 0.717) is 11.1 Å². The van der Waals surface area contributed by atoms with Gasteiger partial charge in [0.2, 0.25) is 0 Å². The van der Waals surface area contributed by atoms with Gasteiger partial charge < -0.3 is 29.9 Å². The Balaban J connectivity index is 1.10. The van der Waals surface area contributed by atoms with Crippen LogP contribution in [0.5, 0.6) is 23.0 Å². The molecule has 342 valence electrons. The first-order valence-electron chi connectivity index (χ1n) is 21.4. The lowest BCUT2D eigenvalue weighted by Gasteiger charge is -2.20. The molecule has 8 aromatic carbocycles. The van der Waals surface area contributed by atoms with Gasteiger partial charge in [-0.05, 0) is 94.1 Å². The average Bonchev–Trinajstić information content (AvgIpc) is 3.38. The average molecular weight is 927 g/mol. The van der Waals surface area contributed by atoms with Crippen molar-refractivity contribution in [2.24, 2.45) is 0 Å². The Morgan fingerprint density at radius 1 is 0.343 bits per heavy atom. The maximum Gasteiger partial charge on any atom is 0.340 e. The number of hydrogen-bond acceptors (Lipinski definition) is 8. The number of rotatable bonds is 17. The van der Waals surface area contributed by atoms with Gasteiger partial charge in [0.05, 0.1) is 11.1 Å². The largest absolute Gasteiger partial charge is 0.478 e. The molecule has 0 aliphatic heterocycles. The number of carboxylic acid groups (broad SMARTS) is 4. The minimum atomic E-state index is -1.67. The molecule has 8 rings (SSSR count). The molecule has 0 bridgehead atoms. The van der Waals surface area contributed by atoms with Gasteiger partial charge in [-0.15, -0.1) is 0 Å². The second-order valence-electron chi connectivity index (χ2n) is 15.6. The van der Waals surface area contributed by atoms with Crippen LogP contribution in [0.4, 0.5) is 0 Å². The molecule has 0 radical (unpaired) electrons. The van der Waals surface area contributed by atoms with Gasteiger partial charge in [-0.1, -0.05) is 146 Å². The molecule has 0 amide bonds. The third-order valence-electron chi connectivity index (χ3n) is 11.1. The van der Waals surface area contributed by atoms with Crippen LogP contribution < -0.4 is 9.47 Å². The fourth-order valence-electron chi connectivity index (χ4n) is 7.56. The van der Waals surface area contributed by atoms with E-state index < -0.39 is 57.6 Å². The maximum absolute atomic E-state index is 12.9. The van der Waals surface area contributed by atoms with E-state index in [4.69, 9.17) is 9.47 Å². The predicted molar refractivity (Wildman–Crippen MR) is 263 cm³/mol. The van der Waals surface area contributed by atoms with E-state index in [9.17, 15) is 49.2 Å². The molecule has 12 heteroatoms. The van der Waals surface area contributed by atoms with Crippen LogP contribution in [0.15, 0.2) is 194 Å². The normalized spacial score (nSPS) is 11.0. The van der Waals surface area contributed by atoms with Crippen LogP contribution >= 0.6 is 0 Å². The Bertz CT molecular complexity index is 3130. The summed E-state index contributed by atoms with van der Waals surface area (Å²) in [5.74, 6) is -7.59. The quantitative estimate of drug-likeness (QED) is 0.0498. The summed E-state index contributed by atoms with van der Waals surface area (Å²) in [5, 5.41) is 41.2. The highest BCUT2D eigenvalue weighted by Crippen LogP contribution is 2.46. The van der Waals surface area contributed by atoms with Gasteiger partial charge in [0, 0.05) is 22.3 Å². The molecule has 12 nitrogen and oxygen atoms in total. The fourth-order valence-corrected chi connectivity index (χ4v) is 7.56. The van der Waals surface area contributed by atoms with Crippen LogP contribution in [0, 0.1) is 0 Å². The van der Waals surface area contributed by atoms with Crippen molar-refractivity contribution in [3.8, 4) is 56.4 Å². The number of carboxylic acids is 4. The first-order chi connectivity index (χ1) is 33.8. The Labute approximate surface area is 399 Å². The summed E-state index contributed by atoms with van der Waals surface area (Å²) in [7, 11) is 0. The molecule has 70 heavy (non-hydrogen) atoms. The van der Waals surface area contributed by atoms with E-state index in [1.165, 1.54) is 48.6 Å². The summed E-state index contributed by atoms with van der Waals surface area (Å²) >= 11 is 0. The van der Waals surface area contributed by atoms with Crippen molar-refractivity contribution in [2.45, 2.75) is 0 Å². The van der Waals surface area contributed by atoms with Crippen molar-refractivity contribution in [2.75, 3.05) is 0 Å². The van der Waals surface area contributed by atoms with E-state index in [0.717, 1.165) is 45.5 Å². The smallest absolute Gasteiger partial charge is 0.340 e. The molecule has 4 N–H and O–H groups in total. The number of benzene rings is 8. The number of allylic oxidation sites excluding steroid dienone is 2. The van der Waals surface area contributed by atoms with Gasteiger partial charge >= 0.3 is 23.9 Å². The standard InChI is InChI=1S/C58H38O12/c59-49(41-7-3-1-4-8-41)33-15-35-11-17-37(18-12-35)39-21-25-43(26-22-39)69-53-45(29-31-47(55(61)62)51(53)57(65)66)46-30-32-48(56(63)64)52(58(67)68)54(46)70-44-27-23-40(24-28-44)38-19-13-36(14-20-38)16-34-50(60)42-9-5-2-6-10-42/h1-34H,(H,61,62)(H,63,64)(H,65,66)(H,67,68). The van der Waals surface area contributed by atoms with Crippen molar-refractivity contribution in [3.05, 3.63) is 239 Å². The summed E-state index contributed by atoms with van der Waals surface area (Å²) in [4.78, 5) is 75.8. The van der Waals surface area contributed by atoms with Crippen molar-refractivity contribution in [1.29, 1.82) is 0 Å². The summed E-state index contributed by atoms with van der Waals surface area (Å²) in [5.41, 5.74) is 2.74. The molecular weight excluding hydrogens is 889 g/mol. The molecule has 0 aliphatic rings. The zero-order valence-electron chi connectivity index (χ0n) is 36.7. The van der Waals surface area contributed by atoms with Gasteiger partial charge in [-0.25, -0.2) is 19.2 Å². The van der Waals surface area contributed by atoms with E-state index in [1.54, 1.807) is 84.9 Å². The van der Waals surface area contributed by atoms with Gasteiger partial charge in [0.15, 0.2) is 23.1 Å². The molecule has 0 spiro atoms. The monoisotopic (exact) mass is 926 g/mol. The molecular formula is C58H38O12. The van der Waals surface area contributed by atoms with E-state index >= 15 is 0 Å². The van der Waals surface area contributed by atoms with Crippen molar-refractivity contribution in [1.82, 2.24) is 0 Å². The lowest BCUT2D eigenvalue weighted by molar-refractivity contribution is 0.0648. The predicted octanol–water partition coefficient (Wildman–Crippen LogP) is 12.9. The first kappa shape index (κ1) is 46.6. The van der Waals surface area contributed by atoms with Crippen LogP contribution in [-0.4, -0.2) is 55.9 Å². The minimum absolute atomic E-state index is 0.0809. The van der Waals surface area contributed by atoms with Crippen LogP contribution in [0.25, 0.3) is 45.5 Å². The second kappa shape index (κ2) is 20.7. The van der Waals surface area contributed by atoms with Gasteiger partial charge in [-0.2, -0.15) is 0 Å². The summed E-state index contributed by atoms with van der Waals surface area (Å²) in [6.07, 6.45) is 6.40. The molecule has 0 heterocycles. The lowest BCUT2D eigenvalue weighted by Crippen LogP contribution is -2.13. The molecule has 0 saturated heterocycles. The van der Waals surface area contributed by atoms with Crippen LogP contribution in [0.3, 0.4) is 0 Å². The lowest BCUT2D eigenvalue weighted by atomic mass is 9.93. The van der Waals surface area contributed by atoms with Crippen LogP contribution in [0.2, 0.25) is 0 Å². The highest BCUT2D eigenvalue weighted by Gasteiger charge is 2.31. The summed E-state index contributed by atoms with van der Waals surface area (Å²) < 4.78 is 12.5. The number of hydrogen-bond donors (Lipinski definition) is 4. The van der Waals surface area contributed by atoms with Gasteiger partial charge in [-0.3, -0.25) is 9.59 Å². The van der Waals surface area contributed by atoms with Crippen LogP contribution in [0.1, 0.15) is 73.3 Å². The maximum atomic E-state index is 12.9. The number of carbonyl (C=O) groups excluding carboxylic acids is 2. The number of carbonyl (C=O) groups is 6. The molecule has 0 unspecified atom stereocenters. The zero-order valence-corrected chi connectivity index (χ0v) is 36.7. The Morgan fingerprint density at radius 3 is 0.957 bits per heavy atom. The molecule has 8 aromatic rings. The fraction of sp³-hybridized carbons (Fsp3) is 0. The first-order valence-corrected chi connectivity index (χ1v) is 21.4. The second-order valence-corrected chi connectivity index (χ2v) is 15.6.